The van der Waals surface area contributed by atoms with Gasteiger partial charge in [-0.15, -0.1) is 0 Å². The first-order valence-electron chi connectivity index (χ1n) is 9.63. The molecule has 0 aromatic rings. The molecule has 1 aliphatic carbocycles. The summed E-state index contributed by atoms with van der Waals surface area (Å²) in [6.45, 7) is 9.88. The van der Waals surface area contributed by atoms with E-state index >= 15 is 0 Å². The van der Waals surface area contributed by atoms with E-state index in [2.05, 4.69) is 6.58 Å². The van der Waals surface area contributed by atoms with E-state index in [1.807, 2.05) is 0 Å². The number of hydrogen-bond acceptors (Lipinski definition) is 8. The van der Waals surface area contributed by atoms with Crippen molar-refractivity contribution in [3.63, 3.8) is 0 Å². The molecule has 1 fully saturated rings. The summed E-state index contributed by atoms with van der Waals surface area (Å²) in [5, 5.41) is 20.5. The van der Waals surface area contributed by atoms with E-state index < -0.39 is 48.2 Å². The monoisotopic (exact) mass is 420 g/mol. The van der Waals surface area contributed by atoms with Crippen LogP contribution < -0.4 is 0 Å². The highest BCUT2D eigenvalue weighted by atomic mass is 16.6. The molecule has 0 spiro atoms. The minimum absolute atomic E-state index is 0.0633. The summed E-state index contributed by atoms with van der Waals surface area (Å²) in [4.78, 5) is 35.6. The molecule has 2 N–H and O–H groups in total. The average Bonchev–Trinajstić information content (AvgIpc) is 2.92. The average molecular weight is 420 g/mol. The number of rotatable bonds is 4. The van der Waals surface area contributed by atoms with E-state index in [0.29, 0.717) is 11.1 Å². The van der Waals surface area contributed by atoms with E-state index in [1.54, 1.807) is 19.9 Å². The summed E-state index contributed by atoms with van der Waals surface area (Å²) < 4.78 is 15.9. The standard InChI is InChI=1S/C22H28O8/c1-11-8-16(24)20(25)13(3)10-18-19(14(4)22(27)30-18)17(9-11)29-21(26)12(2)6-7-28-15(5)23/h6,8,10,16-20,24-25H,4,7,9H2,1-3,5H3/b11-8-,12-6-,13-10-/t16-,17-,18-,19-,20-/m1/s1. The van der Waals surface area contributed by atoms with Crippen LogP contribution in [0.25, 0.3) is 0 Å². The van der Waals surface area contributed by atoms with Crippen molar-refractivity contribution >= 4 is 17.9 Å². The second kappa shape index (κ2) is 9.86. The number of carbonyl (C=O) groups excluding carboxylic acids is 3. The third-order valence-electron chi connectivity index (χ3n) is 5.11. The molecule has 0 radical (unpaired) electrons. The fraction of sp³-hybridized carbons (Fsp3) is 0.500. The van der Waals surface area contributed by atoms with Gasteiger partial charge < -0.3 is 24.4 Å². The summed E-state index contributed by atoms with van der Waals surface area (Å²) in [6, 6.07) is 0. The molecule has 0 bridgehead atoms. The summed E-state index contributed by atoms with van der Waals surface area (Å²) in [6.07, 6.45) is 0.788. The van der Waals surface area contributed by atoms with Crippen LogP contribution in [0.1, 0.15) is 34.1 Å². The highest BCUT2D eigenvalue weighted by Gasteiger charge is 2.45. The van der Waals surface area contributed by atoms with E-state index in [9.17, 15) is 24.6 Å². The Labute approximate surface area is 175 Å². The van der Waals surface area contributed by atoms with Gasteiger partial charge >= 0.3 is 17.9 Å². The lowest BCUT2D eigenvalue weighted by molar-refractivity contribution is -0.147. The zero-order valence-electron chi connectivity index (χ0n) is 17.6. The van der Waals surface area contributed by atoms with Crippen molar-refractivity contribution in [1.82, 2.24) is 0 Å². The highest BCUT2D eigenvalue weighted by Crippen LogP contribution is 2.36. The van der Waals surface area contributed by atoms with Crippen molar-refractivity contribution in [2.75, 3.05) is 6.61 Å². The molecule has 8 nitrogen and oxygen atoms in total. The molecule has 5 atom stereocenters. The Bertz CT molecular complexity index is 819. The maximum Gasteiger partial charge on any atom is 0.334 e. The molecule has 0 unspecified atom stereocenters. The third kappa shape index (κ3) is 5.67. The van der Waals surface area contributed by atoms with Gasteiger partial charge in [0.2, 0.25) is 0 Å². The van der Waals surface area contributed by atoms with Crippen LogP contribution in [-0.2, 0) is 28.6 Å². The van der Waals surface area contributed by atoms with Gasteiger partial charge in [-0.25, -0.2) is 9.59 Å². The predicted octanol–water partition coefficient (Wildman–Crippen LogP) is 1.52. The fourth-order valence-corrected chi connectivity index (χ4v) is 3.42. The van der Waals surface area contributed by atoms with Gasteiger partial charge in [0.05, 0.1) is 5.92 Å². The number of aliphatic hydroxyl groups excluding tert-OH is 2. The number of fused-ring (bicyclic) bond motifs is 1. The molecular formula is C22H28O8. The molecule has 2 rings (SSSR count). The van der Waals surface area contributed by atoms with Crippen LogP contribution in [0, 0.1) is 5.92 Å². The maximum atomic E-state index is 12.6. The lowest BCUT2D eigenvalue weighted by atomic mass is 9.84. The minimum atomic E-state index is -1.15. The number of aliphatic hydroxyl groups is 2. The van der Waals surface area contributed by atoms with Gasteiger partial charge in [0.25, 0.3) is 0 Å². The van der Waals surface area contributed by atoms with Crippen LogP contribution in [-0.4, -0.2) is 59.1 Å². The zero-order chi connectivity index (χ0) is 22.6. The van der Waals surface area contributed by atoms with Gasteiger partial charge in [-0.2, -0.15) is 0 Å². The third-order valence-corrected chi connectivity index (χ3v) is 5.11. The zero-order valence-corrected chi connectivity index (χ0v) is 17.6. The summed E-state index contributed by atoms with van der Waals surface area (Å²) in [7, 11) is 0. The Balaban J connectivity index is 2.34. The SMILES string of the molecule is C=C1C(=O)O[C@@H]2/C=C(/C)[C@@H](O)[C@H](O)/C=C(/C)C[C@@H](OC(=O)/C(C)=C\COC(C)=O)[C@@H]12. The second-order valence-electron chi connectivity index (χ2n) is 7.62. The Morgan fingerprint density at radius 3 is 2.57 bits per heavy atom. The molecule has 0 amide bonds. The van der Waals surface area contributed by atoms with E-state index in [0.717, 1.165) is 0 Å². The first kappa shape index (κ1) is 23.6. The molecule has 0 aromatic heterocycles. The lowest BCUT2D eigenvalue weighted by Gasteiger charge is -2.29. The number of hydrogen-bond donors (Lipinski definition) is 2. The van der Waals surface area contributed by atoms with Crippen LogP contribution in [0.3, 0.4) is 0 Å². The van der Waals surface area contributed by atoms with Crippen LogP contribution in [0.15, 0.2) is 47.1 Å². The van der Waals surface area contributed by atoms with Crippen molar-refractivity contribution in [3.05, 3.63) is 47.1 Å². The first-order chi connectivity index (χ1) is 14.0. The molecule has 30 heavy (non-hydrogen) atoms. The molecule has 1 saturated heterocycles. The van der Waals surface area contributed by atoms with Crippen molar-refractivity contribution in [1.29, 1.82) is 0 Å². The number of ether oxygens (including phenoxy) is 3. The van der Waals surface area contributed by atoms with Gasteiger partial charge in [-0.3, -0.25) is 4.79 Å². The Morgan fingerprint density at radius 2 is 1.93 bits per heavy atom. The maximum absolute atomic E-state index is 12.6. The fourth-order valence-electron chi connectivity index (χ4n) is 3.42. The summed E-state index contributed by atoms with van der Waals surface area (Å²) >= 11 is 0. The molecule has 0 saturated carbocycles. The van der Waals surface area contributed by atoms with Crippen molar-refractivity contribution in [3.8, 4) is 0 Å². The van der Waals surface area contributed by atoms with Gasteiger partial charge in [0.1, 0.15) is 31.0 Å². The van der Waals surface area contributed by atoms with Gasteiger partial charge in [0.15, 0.2) is 0 Å². The summed E-state index contributed by atoms with van der Waals surface area (Å²) in [5.41, 5.74) is 1.51. The Kier molecular flexibility index (Phi) is 7.75. The first-order valence-corrected chi connectivity index (χ1v) is 9.63. The quantitative estimate of drug-likeness (QED) is 0.304. The molecule has 164 valence electrons. The molecule has 0 aromatic carbocycles. The predicted molar refractivity (Wildman–Crippen MR) is 107 cm³/mol. The van der Waals surface area contributed by atoms with E-state index in [1.165, 1.54) is 26.0 Å². The minimum Gasteiger partial charge on any atom is -0.462 e. The number of esters is 3. The van der Waals surface area contributed by atoms with E-state index in [-0.39, 0.29) is 24.2 Å². The summed E-state index contributed by atoms with van der Waals surface area (Å²) in [5.74, 6) is -2.36. The molecular weight excluding hydrogens is 392 g/mol. The normalized spacial score (nSPS) is 33.4. The molecule has 1 aliphatic heterocycles. The van der Waals surface area contributed by atoms with Gasteiger partial charge in [-0.1, -0.05) is 18.2 Å². The molecule has 8 heteroatoms. The molecule has 2 aliphatic rings. The van der Waals surface area contributed by atoms with Gasteiger partial charge in [0, 0.05) is 24.5 Å². The van der Waals surface area contributed by atoms with Crippen LogP contribution in [0.2, 0.25) is 0 Å². The van der Waals surface area contributed by atoms with Gasteiger partial charge in [-0.05, 0) is 38.5 Å². The highest BCUT2D eigenvalue weighted by molar-refractivity contribution is 5.92. The smallest absolute Gasteiger partial charge is 0.334 e. The van der Waals surface area contributed by atoms with Crippen molar-refractivity contribution < 1.29 is 38.8 Å². The number of carbonyl (C=O) groups is 3. The Hall–Kier alpha value is -2.71. The van der Waals surface area contributed by atoms with Crippen LogP contribution in [0.4, 0.5) is 0 Å². The molecule has 1 heterocycles. The second-order valence-corrected chi connectivity index (χ2v) is 7.62. The Morgan fingerprint density at radius 1 is 1.27 bits per heavy atom. The van der Waals surface area contributed by atoms with Crippen molar-refractivity contribution in [2.45, 2.75) is 58.5 Å². The van der Waals surface area contributed by atoms with Crippen LogP contribution >= 0.6 is 0 Å². The van der Waals surface area contributed by atoms with Crippen LogP contribution in [0.5, 0.6) is 0 Å². The largest absolute Gasteiger partial charge is 0.462 e. The lowest BCUT2D eigenvalue weighted by Crippen LogP contribution is -2.35. The van der Waals surface area contributed by atoms with Crippen molar-refractivity contribution in [2.24, 2.45) is 5.92 Å². The van der Waals surface area contributed by atoms with E-state index in [4.69, 9.17) is 14.2 Å². The topological polar surface area (TPSA) is 119 Å².